The van der Waals surface area contributed by atoms with Gasteiger partial charge >= 0.3 is 6.36 Å². The summed E-state index contributed by atoms with van der Waals surface area (Å²) in [4.78, 5) is 15.7. The summed E-state index contributed by atoms with van der Waals surface area (Å²) < 4.78 is 40.1. The van der Waals surface area contributed by atoms with E-state index in [1.165, 1.54) is 12.1 Å². The molecule has 0 saturated heterocycles. The first-order valence-electron chi connectivity index (χ1n) is 7.50. The summed E-state index contributed by atoms with van der Waals surface area (Å²) in [5, 5.41) is 5.29. The van der Waals surface area contributed by atoms with Crippen LogP contribution in [0.3, 0.4) is 0 Å². The van der Waals surface area contributed by atoms with E-state index in [9.17, 15) is 18.0 Å². The summed E-state index contributed by atoms with van der Waals surface area (Å²) in [6, 6.07) is 12.0. The number of rotatable bonds is 5. The topological polar surface area (TPSA) is 88.7 Å². The minimum atomic E-state index is -4.74. The van der Waals surface area contributed by atoms with Crippen LogP contribution < -0.4 is 21.1 Å². The molecule has 0 heterocycles. The van der Waals surface area contributed by atoms with Crippen LogP contribution in [0.5, 0.6) is 5.75 Å². The Balaban J connectivity index is 1.97. The Labute approximate surface area is 147 Å². The van der Waals surface area contributed by atoms with Crippen molar-refractivity contribution in [3.8, 4) is 5.75 Å². The number of anilines is 1. The summed E-state index contributed by atoms with van der Waals surface area (Å²) in [6.07, 6.45) is -4.74. The molecule has 0 fully saturated rings. The lowest BCUT2D eigenvalue weighted by Crippen LogP contribution is -2.22. The van der Waals surface area contributed by atoms with Crippen LogP contribution in [0.1, 0.15) is 15.9 Å². The van der Waals surface area contributed by atoms with Gasteiger partial charge in [0.15, 0.2) is 5.96 Å². The molecule has 2 aromatic carbocycles. The van der Waals surface area contributed by atoms with Crippen LogP contribution in [-0.4, -0.2) is 25.3 Å². The number of hydrogen-bond acceptors (Lipinski definition) is 3. The second-order valence-corrected chi connectivity index (χ2v) is 5.18. The maximum absolute atomic E-state index is 12.1. The van der Waals surface area contributed by atoms with Crippen molar-refractivity contribution < 1.29 is 22.7 Å². The van der Waals surface area contributed by atoms with Gasteiger partial charge in [-0.1, -0.05) is 12.1 Å². The molecule has 2 rings (SSSR count). The van der Waals surface area contributed by atoms with E-state index in [1.54, 1.807) is 31.3 Å². The van der Waals surface area contributed by atoms with Crippen LogP contribution in [0.2, 0.25) is 0 Å². The van der Waals surface area contributed by atoms with Crippen molar-refractivity contribution >= 4 is 17.6 Å². The lowest BCUT2D eigenvalue weighted by molar-refractivity contribution is -0.274. The lowest BCUT2D eigenvalue weighted by Gasteiger charge is -2.10. The summed E-state index contributed by atoms with van der Waals surface area (Å²) in [6.45, 7) is 0.235. The van der Waals surface area contributed by atoms with E-state index in [2.05, 4.69) is 20.4 Å². The van der Waals surface area contributed by atoms with E-state index in [-0.39, 0.29) is 24.2 Å². The Hall–Kier alpha value is -3.23. The average Bonchev–Trinajstić information content (AvgIpc) is 2.60. The highest BCUT2D eigenvalue weighted by Crippen LogP contribution is 2.23. The molecule has 0 unspecified atom stereocenters. The van der Waals surface area contributed by atoms with Gasteiger partial charge < -0.3 is 21.1 Å². The second-order valence-electron chi connectivity index (χ2n) is 5.18. The maximum atomic E-state index is 12.1. The molecule has 26 heavy (non-hydrogen) atoms. The van der Waals surface area contributed by atoms with Crippen LogP contribution in [0.15, 0.2) is 53.5 Å². The van der Waals surface area contributed by atoms with E-state index in [0.717, 1.165) is 17.7 Å². The predicted octanol–water partition coefficient (Wildman–Crippen LogP) is 2.87. The second kappa shape index (κ2) is 8.24. The molecule has 0 spiro atoms. The first-order valence-corrected chi connectivity index (χ1v) is 7.50. The van der Waals surface area contributed by atoms with Crippen molar-refractivity contribution in [2.24, 2.45) is 10.7 Å². The van der Waals surface area contributed by atoms with Crippen LogP contribution in [0.25, 0.3) is 0 Å². The Bertz CT molecular complexity index is 789. The van der Waals surface area contributed by atoms with Gasteiger partial charge in [0.05, 0.1) is 6.54 Å². The molecular formula is C17H17F3N4O2. The zero-order chi connectivity index (χ0) is 19.2. The number of aliphatic imine (C=N–C) groups is 1. The Morgan fingerprint density at radius 2 is 1.88 bits per heavy atom. The van der Waals surface area contributed by atoms with Crippen molar-refractivity contribution in [2.75, 3.05) is 12.4 Å². The van der Waals surface area contributed by atoms with Crippen LogP contribution in [0, 0.1) is 0 Å². The van der Waals surface area contributed by atoms with Crippen molar-refractivity contribution in [1.82, 2.24) is 5.32 Å². The fourth-order valence-corrected chi connectivity index (χ4v) is 2.06. The first-order chi connectivity index (χ1) is 12.3. The summed E-state index contributed by atoms with van der Waals surface area (Å²) in [5.74, 6) is -0.451. The molecule has 0 aliphatic heterocycles. The van der Waals surface area contributed by atoms with E-state index >= 15 is 0 Å². The van der Waals surface area contributed by atoms with Crippen LogP contribution in [0.4, 0.5) is 18.9 Å². The normalized spacial score (nSPS) is 11.8. The average molecular weight is 366 g/mol. The highest BCUT2D eigenvalue weighted by molar-refractivity contribution is 5.94. The molecule has 0 atom stereocenters. The fourth-order valence-electron chi connectivity index (χ4n) is 2.06. The van der Waals surface area contributed by atoms with Gasteiger partial charge in [-0.2, -0.15) is 0 Å². The monoisotopic (exact) mass is 366 g/mol. The van der Waals surface area contributed by atoms with Gasteiger partial charge in [-0.3, -0.25) is 4.79 Å². The number of nitrogens with two attached hydrogens (primary N) is 1. The maximum Gasteiger partial charge on any atom is 0.573 e. The highest BCUT2D eigenvalue weighted by Gasteiger charge is 2.30. The zero-order valence-electron chi connectivity index (χ0n) is 13.8. The lowest BCUT2D eigenvalue weighted by atomic mass is 10.1. The van der Waals surface area contributed by atoms with Gasteiger partial charge in [-0.25, -0.2) is 4.99 Å². The molecule has 4 N–H and O–H groups in total. The van der Waals surface area contributed by atoms with E-state index in [1.807, 2.05) is 0 Å². The van der Waals surface area contributed by atoms with E-state index in [4.69, 9.17) is 5.73 Å². The van der Waals surface area contributed by atoms with Gasteiger partial charge in [0, 0.05) is 18.3 Å². The van der Waals surface area contributed by atoms with Crippen LogP contribution in [-0.2, 0) is 6.54 Å². The number of guanidine groups is 1. The van der Waals surface area contributed by atoms with Crippen LogP contribution >= 0.6 is 0 Å². The van der Waals surface area contributed by atoms with Gasteiger partial charge in [0.2, 0.25) is 0 Å². The number of hydrogen-bond donors (Lipinski definition) is 3. The quantitative estimate of drug-likeness (QED) is 0.561. The number of carbonyl (C=O) groups excluding carboxylic acids is 1. The third-order valence-electron chi connectivity index (χ3n) is 3.21. The van der Waals surface area contributed by atoms with Crippen molar-refractivity contribution in [3.63, 3.8) is 0 Å². The number of amides is 1. The van der Waals surface area contributed by atoms with Gasteiger partial charge in [-0.05, 0) is 42.0 Å². The number of nitrogens with one attached hydrogen (secondary N) is 2. The molecule has 2 aromatic rings. The minimum absolute atomic E-state index is 0.0832. The standard InChI is InChI=1S/C17H17F3N4O2/c1-22-15(25)12-4-2-3-11(9-12)10-23-16(21)24-13-5-7-14(8-6-13)26-17(18,19)20/h2-9H,10H2,1H3,(H,22,25)(H3,21,23,24). The smallest absolute Gasteiger partial charge is 0.406 e. The highest BCUT2D eigenvalue weighted by atomic mass is 19.4. The summed E-state index contributed by atoms with van der Waals surface area (Å²) in [5.41, 5.74) is 7.51. The Kier molecular flexibility index (Phi) is 6.05. The first kappa shape index (κ1) is 19.1. The molecule has 0 saturated carbocycles. The molecule has 6 nitrogen and oxygen atoms in total. The van der Waals surface area contributed by atoms with Gasteiger partial charge in [0.1, 0.15) is 5.75 Å². The third-order valence-corrected chi connectivity index (χ3v) is 3.21. The van der Waals surface area contributed by atoms with Gasteiger partial charge in [0.25, 0.3) is 5.91 Å². The van der Waals surface area contributed by atoms with E-state index in [0.29, 0.717) is 11.3 Å². The SMILES string of the molecule is CNC(=O)c1cccc(CN=C(N)Nc2ccc(OC(F)(F)F)cc2)c1. The number of benzene rings is 2. The molecule has 0 aliphatic carbocycles. The molecule has 138 valence electrons. The molecule has 9 heteroatoms. The molecule has 0 bridgehead atoms. The predicted molar refractivity (Wildman–Crippen MR) is 91.9 cm³/mol. The number of halogens is 3. The van der Waals surface area contributed by atoms with Crippen molar-refractivity contribution in [3.05, 3.63) is 59.7 Å². The summed E-state index contributed by atoms with van der Waals surface area (Å²) in [7, 11) is 1.54. The largest absolute Gasteiger partial charge is 0.573 e. The van der Waals surface area contributed by atoms with E-state index < -0.39 is 6.36 Å². The molecule has 0 aliphatic rings. The number of nitrogens with zero attached hydrogens (tertiary/aromatic N) is 1. The number of ether oxygens (including phenoxy) is 1. The molecule has 0 radical (unpaired) electrons. The number of alkyl halides is 3. The molecular weight excluding hydrogens is 349 g/mol. The minimum Gasteiger partial charge on any atom is -0.406 e. The fraction of sp³-hybridized carbons (Fsp3) is 0.176. The van der Waals surface area contributed by atoms with Crippen molar-refractivity contribution in [1.29, 1.82) is 0 Å². The molecule has 0 aromatic heterocycles. The summed E-state index contributed by atoms with van der Waals surface area (Å²) >= 11 is 0. The zero-order valence-corrected chi connectivity index (χ0v) is 13.8. The molecule has 1 amide bonds. The van der Waals surface area contributed by atoms with Crippen molar-refractivity contribution in [2.45, 2.75) is 12.9 Å². The Morgan fingerprint density at radius 3 is 2.50 bits per heavy atom. The third kappa shape index (κ3) is 6.00. The van der Waals surface area contributed by atoms with Gasteiger partial charge in [-0.15, -0.1) is 13.2 Å². The number of carbonyl (C=O) groups is 1. The Morgan fingerprint density at radius 1 is 1.19 bits per heavy atom.